The molecule has 0 saturated carbocycles. The van der Waals surface area contributed by atoms with Gasteiger partial charge in [-0.25, -0.2) is 0 Å². The van der Waals surface area contributed by atoms with Crippen molar-refractivity contribution in [1.82, 2.24) is 4.76 Å². The van der Waals surface area contributed by atoms with Crippen molar-refractivity contribution in [2.75, 3.05) is 19.3 Å². The van der Waals surface area contributed by atoms with Crippen LogP contribution < -0.4 is 19.3 Å². The van der Waals surface area contributed by atoms with Gasteiger partial charge < -0.3 is 19.7 Å². The van der Waals surface area contributed by atoms with E-state index in [2.05, 4.69) is 18.2 Å². The largest absolute Gasteiger partial charge is 0.754 e. The summed E-state index contributed by atoms with van der Waals surface area (Å²) in [5.41, 5.74) is 7.29. The molecule has 6 heteroatoms. The molecule has 0 spiro atoms. The van der Waals surface area contributed by atoms with Crippen molar-refractivity contribution in [3.8, 4) is 44.9 Å². The Morgan fingerprint density at radius 2 is 1.02 bits per heavy atom. The SMILES string of the molecule is COc1ccc(-c2ccc(N([O-])c3cc(-c4cccc5ccccc45)cc([N+](=O)c4ccc(-c5ccc(OC)cc5)cc4)c3)cc2)cc1. The number of benzene rings is 7. The summed E-state index contributed by atoms with van der Waals surface area (Å²) >= 11 is 0. The number of ether oxygens (including phenoxy) is 2. The van der Waals surface area contributed by atoms with Gasteiger partial charge in [-0.05, 0) is 98.8 Å². The number of anilines is 2. The van der Waals surface area contributed by atoms with Crippen LogP contribution in [0.4, 0.5) is 22.7 Å². The summed E-state index contributed by atoms with van der Waals surface area (Å²) in [6.45, 7) is 0. The van der Waals surface area contributed by atoms with Gasteiger partial charge in [-0.3, -0.25) is 0 Å². The molecule has 0 aromatic heterocycles. The van der Waals surface area contributed by atoms with Crippen molar-refractivity contribution in [3.63, 3.8) is 0 Å². The summed E-state index contributed by atoms with van der Waals surface area (Å²) in [5.74, 6) is 1.56. The molecule has 48 heavy (non-hydrogen) atoms. The topological polar surface area (TPSA) is 64.8 Å². The second-order valence-electron chi connectivity index (χ2n) is 11.4. The van der Waals surface area contributed by atoms with Crippen LogP contribution >= 0.6 is 0 Å². The molecule has 234 valence electrons. The van der Waals surface area contributed by atoms with E-state index in [4.69, 9.17) is 9.47 Å². The zero-order chi connectivity index (χ0) is 33.0. The standard InChI is InChI=1S/C42H32N2O4/c1-47-39-22-14-31(15-23-39)29-10-18-35(19-11-29)43(45)37-26-34(42-9-5-7-33-6-3-4-8-41(33)42)27-38(28-37)44(46)36-20-12-30(13-21-36)32-16-24-40(48-2)25-17-32/h3-28H,1-2H3. The Balaban J connectivity index is 1.25. The molecule has 0 bridgehead atoms. The van der Waals surface area contributed by atoms with Crippen LogP contribution in [-0.4, -0.2) is 14.2 Å². The summed E-state index contributed by atoms with van der Waals surface area (Å²) < 4.78 is 11.4. The Morgan fingerprint density at radius 3 is 1.60 bits per heavy atom. The van der Waals surface area contributed by atoms with E-state index in [-0.39, 0.29) is 0 Å². The summed E-state index contributed by atoms with van der Waals surface area (Å²) in [6, 6.07) is 49.9. The molecule has 0 amide bonds. The number of fused-ring (bicyclic) bond motifs is 1. The van der Waals surface area contributed by atoms with E-state index >= 15 is 0 Å². The molecule has 0 aliphatic rings. The molecular formula is C42H32N2O4. The third-order valence-electron chi connectivity index (χ3n) is 8.52. The van der Waals surface area contributed by atoms with Gasteiger partial charge in [0.15, 0.2) is 0 Å². The maximum absolute atomic E-state index is 14.0. The number of methoxy groups -OCH3 is 2. The average molecular weight is 629 g/mol. The molecule has 0 saturated heterocycles. The first-order chi connectivity index (χ1) is 23.5. The molecular weight excluding hydrogens is 596 g/mol. The van der Waals surface area contributed by atoms with E-state index in [1.165, 1.54) is 0 Å². The molecule has 0 aliphatic carbocycles. The van der Waals surface area contributed by atoms with Crippen LogP contribution in [0.5, 0.6) is 11.5 Å². The van der Waals surface area contributed by atoms with Gasteiger partial charge in [-0.2, -0.15) is 0 Å². The molecule has 7 rings (SSSR count). The zero-order valence-corrected chi connectivity index (χ0v) is 26.5. The van der Waals surface area contributed by atoms with Gasteiger partial charge in [-0.1, -0.05) is 78.9 Å². The Bertz CT molecular complexity index is 2210. The van der Waals surface area contributed by atoms with Crippen molar-refractivity contribution >= 4 is 33.5 Å². The van der Waals surface area contributed by atoms with Gasteiger partial charge in [0, 0.05) is 40.5 Å². The molecule has 0 unspecified atom stereocenters. The highest BCUT2D eigenvalue weighted by Crippen LogP contribution is 2.38. The van der Waals surface area contributed by atoms with Crippen LogP contribution in [0.3, 0.4) is 0 Å². The van der Waals surface area contributed by atoms with Crippen LogP contribution in [0.1, 0.15) is 0 Å². The van der Waals surface area contributed by atoms with E-state index in [1.54, 1.807) is 44.6 Å². The normalized spacial score (nSPS) is 10.9. The van der Waals surface area contributed by atoms with E-state index < -0.39 is 0 Å². The first kappa shape index (κ1) is 30.4. The van der Waals surface area contributed by atoms with Crippen molar-refractivity contribution in [2.45, 2.75) is 0 Å². The fraction of sp³-hybridized carbons (Fsp3) is 0.0476. The molecule has 0 radical (unpaired) electrons. The summed E-state index contributed by atoms with van der Waals surface area (Å²) in [5, 5.41) is 16.9. The molecule has 0 aliphatic heterocycles. The molecule has 7 aromatic carbocycles. The summed E-state index contributed by atoms with van der Waals surface area (Å²) in [4.78, 5) is 14.0. The minimum absolute atomic E-state index is 0.350. The van der Waals surface area contributed by atoms with Crippen LogP contribution in [0.25, 0.3) is 44.2 Å². The lowest BCUT2D eigenvalue weighted by molar-refractivity contribution is 0.415. The molecule has 0 fully saturated rings. The monoisotopic (exact) mass is 628 g/mol. The first-order valence-corrected chi connectivity index (χ1v) is 15.6. The van der Waals surface area contributed by atoms with E-state index in [0.29, 0.717) is 22.7 Å². The highest BCUT2D eigenvalue weighted by Gasteiger charge is 2.21. The minimum Gasteiger partial charge on any atom is -0.754 e. The lowest BCUT2D eigenvalue weighted by Gasteiger charge is -2.31. The molecule has 0 N–H and O–H groups in total. The van der Waals surface area contributed by atoms with Crippen LogP contribution in [0.2, 0.25) is 0 Å². The maximum atomic E-state index is 14.0. The zero-order valence-electron chi connectivity index (χ0n) is 26.5. The van der Waals surface area contributed by atoms with E-state index in [1.807, 2.05) is 109 Å². The number of hydrogen-bond acceptors (Lipinski definition) is 5. The Hall–Kier alpha value is -6.24. The Kier molecular flexibility index (Phi) is 8.39. The highest BCUT2D eigenvalue weighted by atomic mass is 16.5. The maximum Gasteiger partial charge on any atom is 0.266 e. The predicted molar refractivity (Wildman–Crippen MR) is 197 cm³/mol. The van der Waals surface area contributed by atoms with Crippen molar-refractivity contribution in [3.05, 3.63) is 168 Å². The van der Waals surface area contributed by atoms with Gasteiger partial charge >= 0.3 is 0 Å². The van der Waals surface area contributed by atoms with Gasteiger partial charge in [0.2, 0.25) is 0 Å². The fourth-order valence-corrected chi connectivity index (χ4v) is 5.91. The second-order valence-corrected chi connectivity index (χ2v) is 11.4. The number of nitrogens with zero attached hydrogens (tertiary/aromatic N) is 2. The summed E-state index contributed by atoms with van der Waals surface area (Å²) in [7, 11) is 3.28. The third kappa shape index (κ3) is 6.12. The van der Waals surface area contributed by atoms with Crippen LogP contribution in [-0.2, 0) is 0 Å². The molecule has 0 atom stereocenters. The number of hydrogen-bond donors (Lipinski definition) is 0. The predicted octanol–water partition coefficient (Wildman–Crippen LogP) is 11.1. The Morgan fingerprint density at radius 1 is 0.500 bits per heavy atom. The molecule has 6 nitrogen and oxygen atoms in total. The smallest absolute Gasteiger partial charge is 0.266 e. The first-order valence-electron chi connectivity index (χ1n) is 15.6. The number of nitroso groups, excluding NO2 is 1. The average Bonchev–Trinajstić information content (AvgIpc) is 3.17. The van der Waals surface area contributed by atoms with Crippen LogP contribution in [0.15, 0.2) is 158 Å². The fourth-order valence-electron chi connectivity index (χ4n) is 5.91. The van der Waals surface area contributed by atoms with Gasteiger partial charge in [-0.15, -0.1) is 0 Å². The minimum atomic E-state index is 0.350. The lowest BCUT2D eigenvalue weighted by Crippen LogP contribution is -2.08. The number of rotatable bonds is 9. The van der Waals surface area contributed by atoms with E-state index in [0.717, 1.165) is 65.5 Å². The van der Waals surface area contributed by atoms with Gasteiger partial charge in [0.25, 0.3) is 11.4 Å². The van der Waals surface area contributed by atoms with Gasteiger partial charge in [0.05, 0.1) is 19.0 Å². The third-order valence-corrected chi connectivity index (χ3v) is 8.52. The van der Waals surface area contributed by atoms with Gasteiger partial charge in [0.1, 0.15) is 11.5 Å². The van der Waals surface area contributed by atoms with Crippen molar-refractivity contribution in [2.24, 2.45) is 0 Å². The molecule has 7 aromatic rings. The second kappa shape index (κ2) is 13.2. The van der Waals surface area contributed by atoms with Crippen molar-refractivity contribution in [1.29, 1.82) is 0 Å². The molecule has 0 heterocycles. The quantitative estimate of drug-likeness (QED) is 0.118. The Labute approximate surface area is 279 Å². The lowest BCUT2D eigenvalue weighted by atomic mass is 9.97. The highest BCUT2D eigenvalue weighted by molar-refractivity contribution is 5.98. The van der Waals surface area contributed by atoms with E-state index in [9.17, 15) is 10.1 Å². The van der Waals surface area contributed by atoms with Crippen molar-refractivity contribution < 1.29 is 9.47 Å². The summed E-state index contributed by atoms with van der Waals surface area (Å²) in [6.07, 6.45) is 0. The van der Waals surface area contributed by atoms with Crippen LogP contribution in [0, 0.1) is 10.1 Å².